The first-order chi connectivity index (χ1) is 19.3. The molecule has 0 amide bonds. The van der Waals surface area contributed by atoms with Crippen molar-refractivity contribution in [1.82, 2.24) is 20.4 Å². The number of ether oxygens (including phenoxy) is 2. The minimum absolute atomic E-state index is 0.218. The van der Waals surface area contributed by atoms with Crippen molar-refractivity contribution in [1.29, 1.82) is 0 Å². The topological polar surface area (TPSA) is 102 Å². The number of hydrogen-bond acceptors (Lipinski definition) is 8. The molecule has 0 aliphatic heterocycles. The number of benzene rings is 2. The zero-order valence-electron chi connectivity index (χ0n) is 21.6. The lowest BCUT2D eigenvalue weighted by Gasteiger charge is -2.22. The molecule has 0 saturated heterocycles. The fourth-order valence-electron chi connectivity index (χ4n) is 5.73. The molecular formula is C28H27F3N4O4S. The van der Waals surface area contributed by atoms with Crippen LogP contribution in [0.3, 0.4) is 0 Å². The van der Waals surface area contributed by atoms with Gasteiger partial charge in [-0.2, -0.15) is 13.2 Å². The van der Waals surface area contributed by atoms with Gasteiger partial charge < -0.3 is 14.8 Å². The van der Waals surface area contributed by atoms with Gasteiger partial charge in [-0.15, -0.1) is 11.3 Å². The van der Waals surface area contributed by atoms with Crippen molar-refractivity contribution in [2.75, 3.05) is 7.11 Å². The molecular weight excluding hydrogens is 545 g/mol. The molecule has 210 valence electrons. The van der Waals surface area contributed by atoms with E-state index < -0.39 is 17.5 Å². The van der Waals surface area contributed by atoms with Crippen LogP contribution in [0.15, 0.2) is 51.8 Å². The Morgan fingerprint density at radius 3 is 2.62 bits per heavy atom. The lowest BCUT2D eigenvalue weighted by Crippen LogP contribution is -2.33. The summed E-state index contributed by atoms with van der Waals surface area (Å²) in [4.78, 5) is 19.5. The molecule has 2 fully saturated rings. The first-order valence-corrected chi connectivity index (χ1v) is 13.9. The van der Waals surface area contributed by atoms with Crippen LogP contribution in [0.1, 0.15) is 41.8 Å². The molecule has 12 heteroatoms. The number of aromatic nitrogens is 3. The number of rotatable bonds is 9. The van der Waals surface area contributed by atoms with Gasteiger partial charge in [-0.05, 0) is 55.4 Å². The lowest BCUT2D eigenvalue weighted by molar-refractivity contribution is -0.137. The summed E-state index contributed by atoms with van der Waals surface area (Å²) >= 11 is 1.41. The molecule has 8 nitrogen and oxygen atoms in total. The van der Waals surface area contributed by atoms with Crippen molar-refractivity contribution in [3.8, 4) is 33.5 Å². The van der Waals surface area contributed by atoms with E-state index in [2.05, 4.69) is 20.0 Å². The number of fused-ring (bicyclic) bond motifs is 2. The number of nitrogens with zero attached hydrogens (tertiary/aromatic N) is 2. The van der Waals surface area contributed by atoms with E-state index in [0.717, 1.165) is 28.6 Å². The van der Waals surface area contributed by atoms with Gasteiger partial charge in [0.05, 0.1) is 28.8 Å². The Bertz CT molecular complexity index is 1550. The monoisotopic (exact) mass is 572 g/mol. The summed E-state index contributed by atoms with van der Waals surface area (Å²) in [7, 11) is 1.50. The van der Waals surface area contributed by atoms with Gasteiger partial charge in [-0.3, -0.25) is 9.51 Å². The van der Waals surface area contributed by atoms with Crippen molar-refractivity contribution >= 4 is 11.3 Å². The van der Waals surface area contributed by atoms with E-state index >= 15 is 0 Å². The maximum Gasteiger partial charge on any atom is 0.439 e. The van der Waals surface area contributed by atoms with Crippen molar-refractivity contribution in [3.05, 3.63) is 69.1 Å². The average molecular weight is 573 g/mol. The third-order valence-electron chi connectivity index (χ3n) is 7.75. The molecule has 2 aromatic carbocycles. The molecule has 4 aromatic rings. The van der Waals surface area contributed by atoms with Crippen LogP contribution in [-0.2, 0) is 19.3 Å². The predicted octanol–water partition coefficient (Wildman–Crippen LogP) is 6.04. The quantitative estimate of drug-likeness (QED) is 0.252. The number of alkyl halides is 3. The maximum absolute atomic E-state index is 13.1. The third kappa shape index (κ3) is 5.50. The van der Waals surface area contributed by atoms with E-state index in [-0.39, 0.29) is 12.4 Å². The molecule has 2 aromatic heterocycles. The normalized spacial score (nSPS) is 20.2. The van der Waals surface area contributed by atoms with E-state index in [1.807, 2.05) is 0 Å². The van der Waals surface area contributed by atoms with E-state index in [1.165, 1.54) is 56.3 Å². The molecule has 0 unspecified atom stereocenters. The molecule has 2 heterocycles. The van der Waals surface area contributed by atoms with Crippen molar-refractivity contribution < 1.29 is 27.2 Å². The lowest BCUT2D eigenvalue weighted by atomic mass is 9.95. The van der Waals surface area contributed by atoms with Crippen LogP contribution in [0.5, 0.6) is 11.5 Å². The van der Waals surface area contributed by atoms with Gasteiger partial charge in [0.1, 0.15) is 23.1 Å². The minimum Gasteiger partial charge on any atom is -0.496 e. The molecule has 6 rings (SSSR count). The maximum atomic E-state index is 13.1. The second kappa shape index (κ2) is 10.7. The standard InChI is InChI=1S/C28H27F3N4O4S/c1-37-23-12-19(8-9-20(23)25-34-27(36)39-35-25)38-14-24-22(13-32-21-11-15-2-3-17(21)10-15)33-26(40-24)16-4-6-18(7-5-16)28(29,30)31/h4-9,12,15,17,21,32H,2-3,10-11,13-14H2,1H3,(H,34,35,36)/t15-,17+,21+/m0/s1. The Hall–Kier alpha value is -3.64. The second-order valence-electron chi connectivity index (χ2n) is 10.2. The molecule has 0 radical (unpaired) electrons. The van der Waals surface area contributed by atoms with E-state index in [9.17, 15) is 18.0 Å². The number of aromatic amines is 1. The average Bonchev–Trinajstić information content (AvgIpc) is 3.75. The number of thiazole rings is 1. The highest BCUT2D eigenvalue weighted by atomic mass is 32.1. The fraction of sp³-hybridized carbons (Fsp3) is 0.393. The molecule has 2 bridgehead atoms. The zero-order valence-corrected chi connectivity index (χ0v) is 22.4. The van der Waals surface area contributed by atoms with Gasteiger partial charge in [0, 0.05) is 24.2 Å². The van der Waals surface area contributed by atoms with Gasteiger partial charge in [-0.1, -0.05) is 23.7 Å². The summed E-state index contributed by atoms with van der Waals surface area (Å²) in [6, 6.07) is 10.7. The van der Waals surface area contributed by atoms with Crippen LogP contribution >= 0.6 is 11.3 Å². The minimum atomic E-state index is -4.39. The summed E-state index contributed by atoms with van der Waals surface area (Å²) in [6.07, 6.45) is 0.630. The van der Waals surface area contributed by atoms with Crippen LogP contribution in [-0.4, -0.2) is 28.3 Å². The Morgan fingerprint density at radius 2 is 1.98 bits per heavy atom. The van der Waals surface area contributed by atoms with Crippen LogP contribution in [0.2, 0.25) is 0 Å². The number of nitrogens with one attached hydrogen (secondary N) is 2. The SMILES string of the molecule is COc1cc(OCc2sc(-c3ccc(C(F)(F)F)cc3)nc2CN[C@@H]2C[C@H]3CC[C@@H]2C3)ccc1-c1noc(=O)[nH]1. The summed E-state index contributed by atoms with van der Waals surface area (Å²) in [5, 5.41) is 8.03. The predicted molar refractivity (Wildman–Crippen MR) is 142 cm³/mol. The summed E-state index contributed by atoms with van der Waals surface area (Å²) in [5.74, 6) is 2.04. The first-order valence-electron chi connectivity index (χ1n) is 13.0. The molecule has 3 atom stereocenters. The van der Waals surface area contributed by atoms with E-state index in [0.29, 0.717) is 46.1 Å². The Labute approximate surface area is 231 Å². The number of methoxy groups -OCH3 is 1. The highest BCUT2D eigenvalue weighted by molar-refractivity contribution is 7.15. The number of H-pyrrole nitrogens is 1. The number of halogens is 3. The third-order valence-corrected chi connectivity index (χ3v) is 8.87. The van der Waals surface area contributed by atoms with Crippen molar-refractivity contribution in [3.63, 3.8) is 0 Å². The van der Waals surface area contributed by atoms with Crippen LogP contribution < -0.4 is 20.5 Å². The van der Waals surface area contributed by atoms with Crippen LogP contribution in [0.4, 0.5) is 13.2 Å². The Balaban J connectivity index is 1.22. The molecule has 40 heavy (non-hydrogen) atoms. The second-order valence-corrected chi connectivity index (χ2v) is 11.3. The van der Waals surface area contributed by atoms with Crippen molar-refractivity contribution in [2.24, 2.45) is 11.8 Å². The fourth-order valence-corrected chi connectivity index (χ4v) is 6.73. The van der Waals surface area contributed by atoms with E-state index in [4.69, 9.17) is 14.5 Å². The largest absolute Gasteiger partial charge is 0.496 e. The van der Waals surface area contributed by atoms with Gasteiger partial charge in [0.2, 0.25) is 0 Å². The summed E-state index contributed by atoms with van der Waals surface area (Å²) in [5.41, 5.74) is 1.30. The first kappa shape index (κ1) is 26.6. The van der Waals surface area contributed by atoms with Gasteiger partial charge >= 0.3 is 11.9 Å². The Kier molecular flexibility index (Phi) is 7.13. The molecule has 2 aliphatic rings. The van der Waals surface area contributed by atoms with Crippen LogP contribution in [0.25, 0.3) is 22.0 Å². The number of hydrogen-bond donors (Lipinski definition) is 2. The molecule has 2 N–H and O–H groups in total. The molecule has 2 aliphatic carbocycles. The van der Waals surface area contributed by atoms with E-state index in [1.54, 1.807) is 18.2 Å². The van der Waals surface area contributed by atoms with Gasteiger partial charge in [-0.25, -0.2) is 9.78 Å². The highest BCUT2D eigenvalue weighted by Crippen LogP contribution is 2.44. The highest BCUT2D eigenvalue weighted by Gasteiger charge is 2.39. The molecule has 2 saturated carbocycles. The summed E-state index contributed by atoms with van der Waals surface area (Å²) < 4.78 is 55.4. The summed E-state index contributed by atoms with van der Waals surface area (Å²) in [6.45, 7) is 0.779. The van der Waals surface area contributed by atoms with Crippen LogP contribution in [0, 0.1) is 11.8 Å². The molecule has 0 spiro atoms. The smallest absolute Gasteiger partial charge is 0.439 e. The van der Waals surface area contributed by atoms with Gasteiger partial charge in [0.15, 0.2) is 5.82 Å². The Morgan fingerprint density at radius 1 is 1.15 bits per heavy atom. The van der Waals surface area contributed by atoms with Crippen molar-refractivity contribution in [2.45, 2.75) is 51.1 Å². The zero-order chi connectivity index (χ0) is 27.9. The van der Waals surface area contributed by atoms with Gasteiger partial charge in [0.25, 0.3) is 0 Å².